The molecule has 23 heavy (non-hydrogen) atoms. The smallest absolute Gasteiger partial charge is 0.172 e. The summed E-state index contributed by atoms with van der Waals surface area (Å²) in [7, 11) is 0. The lowest BCUT2D eigenvalue weighted by atomic mass is 9.52. The van der Waals surface area contributed by atoms with Gasteiger partial charge in [-0.25, -0.2) is 0 Å². The van der Waals surface area contributed by atoms with E-state index in [0.717, 1.165) is 56.1 Å². The van der Waals surface area contributed by atoms with Gasteiger partial charge in [0.2, 0.25) is 0 Å². The van der Waals surface area contributed by atoms with Crippen molar-refractivity contribution in [2.24, 2.45) is 29.1 Å². The standard InChI is InChI=1S/C20H30O3/c1-19-8-6-15-14-7-9-20(22-10-11-23-20)12-13(14)2-3-16(15)17(19)4-5-18(19)21/h2,14-18,21H,3-12H2,1H3/t14-,15-,16+,17-,18-,19+/m1/s1. The fourth-order valence-corrected chi connectivity index (χ4v) is 6.96. The molecule has 1 N–H and O–H groups in total. The van der Waals surface area contributed by atoms with Gasteiger partial charge in [0.15, 0.2) is 5.79 Å². The molecule has 0 amide bonds. The Bertz CT molecular complexity index is 521. The largest absolute Gasteiger partial charge is 0.393 e. The van der Waals surface area contributed by atoms with Crippen molar-refractivity contribution in [1.82, 2.24) is 0 Å². The van der Waals surface area contributed by atoms with Crippen molar-refractivity contribution in [2.75, 3.05) is 13.2 Å². The van der Waals surface area contributed by atoms with E-state index in [2.05, 4.69) is 13.0 Å². The average Bonchev–Trinajstić information content (AvgIpc) is 3.12. The van der Waals surface area contributed by atoms with Gasteiger partial charge in [-0.05, 0) is 67.6 Å². The summed E-state index contributed by atoms with van der Waals surface area (Å²) in [4.78, 5) is 0. The Morgan fingerprint density at radius 3 is 2.70 bits per heavy atom. The van der Waals surface area contributed by atoms with Crippen LogP contribution in [0.1, 0.15) is 58.3 Å². The van der Waals surface area contributed by atoms with Gasteiger partial charge in [-0.1, -0.05) is 18.6 Å². The molecule has 4 fully saturated rings. The molecule has 3 saturated carbocycles. The predicted octanol–water partition coefficient (Wildman–Crippen LogP) is 3.66. The highest BCUT2D eigenvalue weighted by molar-refractivity contribution is 5.21. The fraction of sp³-hybridized carbons (Fsp3) is 0.900. The van der Waals surface area contributed by atoms with E-state index in [4.69, 9.17) is 9.47 Å². The van der Waals surface area contributed by atoms with Crippen molar-refractivity contribution in [3.05, 3.63) is 11.6 Å². The van der Waals surface area contributed by atoms with E-state index in [1.54, 1.807) is 5.57 Å². The van der Waals surface area contributed by atoms with Gasteiger partial charge in [-0.2, -0.15) is 0 Å². The van der Waals surface area contributed by atoms with Crippen LogP contribution < -0.4 is 0 Å². The first-order valence-corrected chi connectivity index (χ1v) is 9.76. The van der Waals surface area contributed by atoms with E-state index in [1.807, 2.05) is 0 Å². The topological polar surface area (TPSA) is 38.7 Å². The summed E-state index contributed by atoms with van der Waals surface area (Å²) < 4.78 is 11.9. The van der Waals surface area contributed by atoms with Crippen LogP contribution in [0, 0.1) is 29.1 Å². The summed E-state index contributed by atoms with van der Waals surface area (Å²) in [6.07, 6.45) is 11.8. The first kappa shape index (κ1) is 14.9. The molecule has 4 aliphatic carbocycles. The zero-order valence-corrected chi connectivity index (χ0v) is 14.3. The molecule has 5 aliphatic rings. The van der Waals surface area contributed by atoms with Gasteiger partial charge in [-0.3, -0.25) is 0 Å². The molecule has 5 rings (SSSR count). The Morgan fingerprint density at radius 2 is 1.87 bits per heavy atom. The third-order valence-electron chi connectivity index (χ3n) is 8.21. The lowest BCUT2D eigenvalue weighted by Gasteiger charge is -2.53. The summed E-state index contributed by atoms with van der Waals surface area (Å²) in [5, 5.41) is 10.5. The molecule has 6 atom stereocenters. The molecule has 0 unspecified atom stereocenters. The Hall–Kier alpha value is -0.380. The van der Waals surface area contributed by atoms with E-state index in [-0.39, 0.29) is 17.3 Å². The average molecular weight is 318 g/mol. The lowest BCUT2D eigenvalue weighted by Crippen LogP contribution is -2.48. The number of hydrogen-bond donors (Lipinski definition) is 1. The Kier molecular flexibility index (Phi) is 3.28. The van der Waals surface area contributed by atoms with E-state index < -0.39 is 0 Å². The predicted molar refractivity (Wildman–Crippen MR) is 87.7 cm³/mol. The number of allylic oxidation sites excluding steroid dienone is 1. The summed E-state index contributed by atoms with van der Waals surface area (Å²) in [6, 6.07) is 0. The first-order valence-electron chi connectivity index (χ1n) is 9.76. The number of ether oxygens (including phenoxy) is 2. The van der Waals surface area contributed by atoms with Crippen molar-refractivity contribution in [2.45, 2.75) is 70.2 Å². The lowest BCUT2D eigenvalue weighted by molar-refractivity contribution is -0.176. The molecule has 0 aromatic heterocycles. The minimum Gasteiger partial charge on any atom is -0.393 e. The van der Waals surface area contributed by atoms with E-state index in [9.17, 15) is 5.11 Å². The summed E-state index contributed by atoms with van der Waals surface area (Å²) in [5.41, 5.74) is 1.82. The van der Waals surface area contributed by atoms with Crippen molar-refractivity contribution < 1.29 is 14.6 Å². The fourth-order valence-electron chi connectivity index (χ4n) is 6.96. The minimum atomic E-state index is -0.276. The number of rotatable bonds is 0. The van der Waals surface area contributed by atoms with Gasteiger partial charge in [-0.15, -0.1) is 0 Å². The van der Waals surface area contributed by atoms with Gasteiger partial charge in [0.25, 0.3) is 0 Å². The van der Waals surface area contributed by atoms with Crippen LogP contribution >= 0.6 is 0 Å². The molecule has 0 aromatic rings. The van der Waals surface area contributed by atoms with Gasteiger partial charge < -0.3 is 14.6 Å². The second-order valence-electron chi connectivity index (χ2n) is 9.02. The Labute approximate surface area is 139 Å². The number of aliphatic hydroxyl groups excluding tert-OH is 1. The van der Waals surface area contributed by atoms with Gasteiger partial charge in [0, 0.05) is 12.8 Å². The van der Waals surface area contributed by atoms with E-state index in [1.165, 1.54) is 32.1 Å². The molecule has 0 aromatic carbocycles. The highest BCUT2D eigenvalue weighted by atomic mass is 16.7. The van der Waals surface area contributed by atoms with Crippen molar-refractivity contribution in [3.8, 4) is 0 Å². The molecule has 0 bridgehead atoms. The second-order valence-corrected chi connectivity index (χ2v) is 9.02. The van der Waals surface area contributed by atoms with Crippen LogP contribution in [0.25, 0.3) is 0 Å². The normalized spacial score (nSPS) is 51.0. The van der Waals surface area contributed by atoms with Gasteiger partial charge >= 0.3 is 0 Å². The zero-order valence-electron chi connectivity index (χ0n) is 14.3. The van der Waals surface area contributed by atoms with Crippen LogP contribution in [0.15, 0.2) is 11.6 Å². The first-order chi connectivity index (χ1) is 11.1. The van der Waals surface area contributed by atoms with E-state index in [0.29, 0.717) is 0 Å². The molecule has 1 heterocycles. The molecule has 1 spiro atoms. The molecule has 128 valence electrons. The maximum Gasteiger partial charge on any atom is 0.172 e. The number of fused-ring (bicyclic) bond motifs is 5. The second kappa shape index (κ2) is 5.06. The SMILES string of the molecule is C[C@]12CC[C@H]3[C@H](CC=C4CC5(CC[C@H]43)OCCO5)[C@H]1CC[C@H]2O. The molecule has 3 heteroatoms. The van der Waals surface area contributed by atoms with Crippen LogP contribution in [0.4, 0.5) is 0 Å². The van der Waals surface area contributed by atoms with Gasteiger partial charge in [0.05, 0.1) is 19.3 Å². The summed E-state index contributed by atoms with van der Waals surface area (Å²) >= 11 is 0. The molecule has 3 nitrogen and oxygen atoms in total. The zero-order chi connectivity index (χ0) is 15.7. The number of aliphatic hydroxyl groups is 1. The van der Waals surface area contributed by atoms with Crippen LogP contribution in [-0.4, -0.2) is 30.2 Å². The minimum absolute atomic E-state index is 0.0614. The third kappa shape index (κ3) is 2.06. The molecular weight excluding hydrogens is 288 g/mol. The highest BCUT2D eigenvalue weighted by Gasteiger charge is 2.56. The third-order valence-corrected chi connectivity index (χ3v) is 8.21. The Morgan fingerprint density at radius 1 is 1.04 bits per heavy atom. The molecular formula is C20H30O3. The summed E-state index contributed by atoms with van der Waals surface area (Å²) in [5.74, 6) is 2.87. The quantitative estimate of drug-likeness (QED) is 0.693. The van der Waals surface area contributed by atoms with Crippen LogP contribution in [-0.2, 0) is 9.47 Å². The van der Waals surface area contributed by atoms with Crippen LogP contribution in [0.3, 0.4) is 0 Å². The monoisotopic (exact) mass is 318 g/mol. The maximum absolute atomic E-state index is 10.5. The summed E-state index contributed by atoms with van der Waals surface area (Å²) in [6.45, 7) is 3.89. The van der Waals surface area contributed by atoms with Crippen molar-refractivity contribution in [3.63, 3.8) is 0 Å². The van der Waals surface area contributed by atoms with Crippen LogP contribution in [0.2, 0.25) is 0 Å². The van der Waals surface area contributed by atoms with Gasteiger partial charge in [0.1, 0.15) is 0 Å². The number of hydrogen-bond acceptors (Lipinski definition) is 3. The van der Waals surface area contributed by atoms with Crippen LogP contribution in [0.5, 0.6) is 0 Å². The Balaban J connectivity index is 1.41. The molecule has 1 saturated heterocycles. The highest BCUT2D eigenvalue weighted by Crippen LogP contribution is 2.62. The molecule has 1 aliphatic heterocycles. The maximum atomic E-state index is 10.5. The van der Waals surface area contributed by atoms with Crippen molar-refractivity contribution in [1.29, 1.82) is 0 Å². The van der Waals surface area contributed by atoms with E-state index >= 15 is 0 Å². The molecule has 0 radical (unpaired) electrons. The van der Waals surface area contributed by atoms with Crippen molar-refractivity contribution >= 4 is 0 Å².